The summed E-state index contributed by atoms with van der Waals surface area (Å²) in [5.74, 6) is -0.117. The summed E-state index contributed by atoms with van der Waals surface area (Å²) in [4.78, 5) is 11.3. The number of carbonyl (C=O) groups excluding carboxylic acids is 1. The van der Waals surface area contributed by atoms with E-state index in [-0.39, 0.29) is 12.5 Å². The van der Waals surface area contributed by atoms with Gasteiger partial charge in [-0.15, -0.1) is 0 Å². The van der Waals surface area contributed by atoms with Crippen LogP contribution in [0.2, 0.25) is 0 Å². The molecular weight excluding hydrogens is 166 g/mol. The molecule has 1 aromatic carbocycles. The molecule has 0 saturated carbocycles. The Morgan fingerprint density at radius 2 is 1.92 bits per heavy atom. The highest BCUT2D eigenvalue weighted by Gasteiger charge is 2.01. The van der Waals surface area contributed by atoms with Crippen LogP contribution in [-0.4, -0.2) is 19.1 Å². The quantitative estimate of drug-likeness (QED) is 0.693. The van der Waals surface area contributed by atoms with Gasteiger partial charge < -0.3 is 5.32 Å². The van der Waals surface area contributed by atoms with Gasteiger partial charge in [0.05, 0.1) is 6.61 Å². The molecule has 0 aliphatic rings. The fourth-order valence-electron chi connectivity index (χ4n) is 0.966. The van der Waals surface area contributed by atoms with E-state index in [1.54, 1.807) is 12.1 Å². The molecule has 3 heteroatoms. The first-order valence-corrected chi connectivity index (χ1v) is 4.26. The second-order valence-corrected chi connectivity index (χ2v) is 2.68. The van der Waals surface area contributed by atoms with Gasteiger partial charge in [0.15, 0.2) is 0 Å². The lowest BCUT2D eigenvalue weighted by molar-refractivity contribution is 0.0948. The average molecular weight is 178 g/mol. The van der Waals surface area contributed by atoms with Crippen LogP contribution in [0.25, 0.3) is 0 Å². The van der Waals surface area contributed by atoms with Crippen molar-refractivity contribution in [2.45, 2.75) is 6.42 Å². The predicted molar refractivity (Wildman–Crippen MR) is 48.9 cm³/mol. The Morgan fingerprint density at radius 1 is 1.23 bits per heavy atom. The maximum absolute atomic E-state index is 11.3. The Hall–Kier alpha value is -1.35. The molecule has 1 amide bonds. The van der Waals surface area contributed by atoms with Gasteiger partial charge in [-0.2, -0.15) is 0 Å². The molecule has 0 aliphatic heterocycles. The third-order valence-electron chi connectivity index (χ3n) is 1.64. The lowest BCUT2D eigenvalue weighted by Crippen LogP contribution is -2.24. The van der Waals surface area contributed by atoms with E-state index in [0.29, 0.717) is 18.5 Å². The Bertz CT molecular complexity index is 259. The Morgan fingerprint density at radius 3 is 2.54 bits per heavy atom. The van der Waals surface area contributed by atoms with Crippen molar-refractivity contribution < 1.29 is 9.90 Å². The third kappa shape index (κ3) is 3.25. The number of hydrogen-bond acceptors (Lipinski definition) is 1. The van der Waals surface area contributed by atoms with Crippen LogP contribution in [0.3, 0.4) is 0 Å². The van der Waals surface area contributed by atoms with Gasteiger partial charge in [-0.05, 0) is 18.6 Å². The number of hydrogen-bond donors (Lipinski definition) is 1. The molecule has 0 saturated heterocycles. The second-order valence-electron chi connectivity index (χ2n) is 2.68. The van der Waals surface area contributed by atoms with E-state index in [1.165, 1.54) is 0 Å². The van der Waals surface area contributed by atoms with Gasteiger partial charge in [-0.25, -0.2) is 5.11 Å². The minimum Gasteiger partial charge on any atom is -0.352 e. The Kier molecular flexibility index (Phi) is 3.99. The van der Waals surface area contributed by atoms with Crippen LogP contribution >= 0.6 is 0 Å². The first-order chi connectivity index (χ1) is 6.34. The monoisotopic (exact) mass is 178 g/mol. The summed E-state index contributed by atoms with van der Waals surface area (Å²) in [7, 11) is 0. The highest BCUT2D eigenvalue weighted by atomic mass is 16.3. The van der Waals surface area contributed by atoms with E-state index < -0.39 is 0 Å². The lowest BCUT2D eigenvalue weighted by Gasteiger charge is -2.02. The van der Waals surface area contributed by atoms with Crippen LogP contribution in [0.1, 0.15) is 16.8 Å². The van der Waals surface area contributed by atoms with E-state index in [0.717, 1.165) is 0 Å². The number of rotatable bonds is 4. The number of carbonyl (C=O) groups is 1. The van der Waals surface area contributed by atoms with Crippen molar-refractivity contribution in [3.05, 3.63) is 35.9 Å². The second kappa shape index (κ2) is 5.32. The molecule has 69 valence electrons. The minimum absolute atomic E-state index is 0.117. The van der Waals surface area contributed by atoms with Gasteiger partial charge in [0.2, 0.25) is 0 Å². The molecule has 0 aromatic heterocycles. The molecule has 13 heavy (non-hydrogen) atoms. The SMILES string of the molecule is [O]CCCNC(=O)c1ccccc1. The molecule has 3 nitrogen and oxygen atoms in total. The standard InChI is InChI=1S/C10H12NO2/c12-8-4-7-11-10(13)9-5-2-1-3-6-9/h1-3,5-6H,4,7-8H2,(H,11,13). The van der Waals surface area contributed by atoms with E-state index in [1.807, 2.05) is 18.2 Å². The predicted octanol–water partition coefficient (Wildman–Crippen LogP) is 1.24. The van der Waals surface area contributed by atoms with Crippen LogP contribution < -0.4 is 5.32 Å². The van der Waals surface area contributed by atoms with E-state index in [2.05, 4.69) is 5.32 Å². The minimum atomic E-state index is -0.144. The highest BCUT2D eigenvalue weighted by Crippen LogP contribution is 1.97. The van der Waals surface area contributed by atoms with Crippen LogP contribution in [0.5, 0.6) is 0 Å². The van der Waals surface area contributed by atoms with Gasteiger partial charge in [0.1, 0.15) is 0 Å². The fraction of sp³-hybridized carbons (Fsp3) is 0.300. The first-order valence-electron chi connectivity index (χ1n) is 4.26. The molecule has 0 aliphatic carbocycles. The summed E-state index contributed by atoms with van der Waals surface area (Å²) < 4.78 is 0. The number of nitrogens with one attached hydrogen (secondary N) is 1. The molecule has 0 bridgehead atoms. The van der Waals surface area contributed by atoms with Crippen molar-refractivity contribution in [2.24, 2.45) is 0 Å². The van der Waals surface area contributed by atoms with Crippen molar-refractivity contribution in [2.75, 3.05) is 13.2 Å². The average Bonchev–Trinajstić information content (AvgIpc) is 2.19. The van der Waals surface area contributed by atoms with Gasteiger partial charge >= 0.3 is 0 Å². The molecule has 1 aromatic rings. The zero-order valence-electron chi connectivity index (χ0n) is 7.32. The lowest BCUT2D eigenvalue weighted by atomic mass is 10.2. The molecule has 0 atom stereocenters. The van der Waals surface area contributed by atoms with Crippen molar-refractivity contribution in [3.8, 4) is 0 Å². The largest absolute Gasteiger partial charge is 0.352 e. The zero-order chi connectivity index (χ0) is 9.52. The summed E-state index contributed by atoms with van der Waals surface area (Å²) in [6.07, 6.45) is 0.485. The molecule has 1 N–H and O–H groups in total. The van der Waals surface area contributed by atoms with Crippen LogP contribution in [-0.2, 0) is 5.11 Å². The summed E-state index contributed by atoms with van der Waals surface area (Å²) in [6, 6.07) is 8.96. The van der Waals surface area contributed by atoms with Gasteiger partial charge in [0, 0.05) is 12.1 Å². The van der Waals surface area contributed by atoms with Crippen LogP contribution in [0.15, 0.2) is 30.3 Å². The molecule has 0 fully saturated rings. The maximum Gasteiger partial charge on any atom is 0.251 e. The molecular formula is C10H12NO2. The van der Waals surface area contributed by atoms with E-state index >= 15 is 0 Å². The third-order valence-corrected chi connectivity index (χ3v) is 1.64. The van der Waals surface area contributed by atoms with E-state index in [9.17, 15) is 9.90 Å². The van der Waals surface area contributed by atoms with E-state index in [4.69, 9.17) is 0 Å². The van der Waals surface area contributed by atoms with Crippen LogP contribution in [0.4, 0.5) is 0 Å². The number of benzene rings is 1. The van der Waals surface area contributed by atoms with Crippen LogP contribution in [0, 0.1) is 0 Å². The number of amides is 1. The first kappa shape index (κ1) is 9.74. The van der Waals surface area contributed by atoms with Crippen molar-refractivity contribution in [1.29, 1.82) is 0 Å². The zero-order valence-corrected chi connectivity index (χ0v) is 7.32. The van der Waals surface area contributed by atoms with Crippen molar-refractivity contribution >= 4 is 5.91 Å². The summed E-state index contributed by atoms with van der Waals surface area (Å²) in [5, 5.41) is 12.8. The Labute approximate surface area is 77.4 Å². The van der Waals surface area contributed by atoms with Gasteiger partial charge in [-0.1, -0.05) is 18.2 Å². The molecule has 0 spiro atoms. The fourth-order valence-corrected chi connectivity index (χ4v) is 0.966. The molecule has 1 rings (SSSR count). The van der Waals surface area contributed by atoms with Crippen molar-refractivity contribution in [3.63, 3.8) is 0 Å². The van der Waals surface area contributed by atoms with Gasteiger partial charge in [-0.3, -0.25) is 4.79 Å². The highest BCUT2D eigenvalue weighted by molar-refractivity contribution is 5.94. The normalized spacial score (nSPS) is 9.62. The topological polar surface area (TPSA) is 49.0 Å². The molecule has 1 radical (unpaired) electrons. The van der Waals surface area contributed by atoms with Gasteiger partial charge in [0.25, 0.3) is 5.91 Å². The Balaban J connectivity index is 2.40. The molecule has 0 unspecified atom stereocenters. The molecule has 0 heterocycles. The smallest absolute Gasteiger partial charge is 0.251 e. The van der Waals surface area contributed by atoms with Crippen molar-refractivity contribution in [1.82, 2.24) is 5.32 Å². The maximum atomic E-state index is 11.3. The summed E-state index contributed by atoms with van der Waals surface area (Å²) in [5.41, 5.74) is 0.633. The summed E-state index contributed by atoms with van der Waals surface area (Å²) >= 11 is 0. The summed E-state index contributed by atoms with van der Waals surface area (Å²) in [6.45, 7) is 0.312.